The molecule has 0 saturated carbocycles. The van der Waals surface area contributed by atoms with Crippen molar-refractivity contribution in [2.45, 2.75) is 6.54 Å². The fourth-order valence-electron chi connectivity index (χ4n) is 2.14. The van der Waals surface area contributed by atoms with Crippen molar-refractivity contribution < 1.29 is 9.53 Å². The second kappa shape index (κ2) is 7.07. The molecule has 0 bridgehead atoms. The summed E-state index contributed by atoms with van der Waals surface area (Å²) in [7, 11) is 1.58. The Morgan fingerprint density at radius 3 is 2.78 bits per heavy atom. The van der Waals surface area contributed by atoms with Gasteiger partial charge in [0.2, 0.25) is 0 Å². The number of hydrogen-bond acceptors (Lipinski definition) is 4. The third-order valence-electron chi connectivity index (χ3n) is 3.33. The molecule has 1 amide bonds. The zero-order valence-corrected chi connectivity index (χ0v) is 13.5. The van der Waals surface area contributed by atoms with E-state index in [1.54, 1.807) is 36.6 Å². The van der Waals surface area contributed by atoms with Gasteiger partial charge in [-0.05, 0) is 18.2 Å². The molecule has 0 spiro atoms. The number of methoxy groups -OCH3 is 1. The van der Waals surface area contributed by atoms with E-state index < -0.39 is 0 Å². The minimum Gasteiger partial charge on any atom is -0.497 e. The van der Waals surface area contributed by atoms with E-state index in [0.717, 1.165) is 16.3 Å². The highest BCUT2D eigenvalue weighted by molar-refractivity contribution is 7.13. The molecular weight excluding hydrogens is 308 g/mol. The smallest absolute Gasteiger partial charge is 0.251 e. The highest BCUT2D eigenvalue weighted by atomic mass is 32.1. The predicted molar refractivity (Wildman–Crippen MR) is 91.7 cm³/mol. The molecule has 2 aromatic carbocycles. The van der Waals surface area contributed by atoms with Gasteiger partial charge in [-0.25, -0.2) is 4.98 Å². The van der Waals surface area contributed by atoms with Crippen molar-refractivity contribution in [2.24, 2.45) is 0 Å². The summed E-state index contributed by atoms with van der Waals surface area (Å²) in [5, 5.41) is 5.80. The summed E-state index contributed by atoms with van der Waals surface area (Å²) in [5.74, 6) is 0.524. The van der Waals surface area contributed by atoms with Gasteiger partial charge in [0.1, 0.15) is 10.8 Å². The number of carbonyl (C=O) groups excluding carboxylic acids is 1. The number of thiazole rings is 1. The van der Waals surface area contributed by atoms with Gasteiger partial charge in [0.25, 0.3) is 5.91 Å². The summed E-state index contributed by atoms with van der Waals surface area (Å²) in [6, 6.07) is 17.1. The maximum Gasteiger partial charge on any atom is 0.251 e. The number of nitrogens with zero attached hydrogens (tertiary/aromatic N) is 1. The molecule has 5 heteroatoms. The first-order valence-electron chi connectivity index (χ1n) is 7.18. The first-order valence-corrected chi connectivity index (χ1v) is 8.06. The zero-order valence-electron chi connectivity index (χ0n) is 12.7. The number of hydrogen-bond donors (Lipinski definition) is 1. The maximum atomic E-state index is 12.2. The van der Waals surface area contributed by atoms with Crippen LogP contribution < -0.4 is 10.1 Å². The molecule has 23 heavy (non-hydrogen) atoms. The standard InChI is InChI=1S/C18H16N2O2S/c1-22-16-9-5-8-14(10-16)17(21)19-11-15-12-23-18(20-15)13-6-3-2-4-7-13/h2-10,12H,11H2,1H3,(H,19,21). The molecule has 0 fully saturated rings. The van der Waals surface area contributed by atoms with Crippen LogP contribution in [0.3, 0.4) is 0 Å². The van der Waals surface area contributed by atoms with Gasteiger partial charge < -0.3 is 10.1 Å². The molecule has 0 radical (unpaired) electrons. The van der Waals surface area contributed by atoms with Crippen LogP contribution in [0.1, 0.15) is 16.1 Å². The first kappa shape index (κ1) is 15.2. The van der Waals surface area contributed by atoms with Crippen molar-refractivity contribution in [2.75, 3.05) is 7.11 Å². The lowest BCUT2D eigenvalue weighted by atomic mass is 10.2. The lowest BCUT2D eigenvalue weighted by molar-refractivity contribution is 0.0950. The Kier molecular flexibility index (Phi) is 4.68. The molecule has 4 nitrogen and oxygen atoms in total. The second-order valence-corrected chi connectivity index (χ2v) is 5.78. The third kappa shape index (κ3) is 3.76. The quantitative estimate of drug-likeness (QED) is 0.777. The summed E-state index contributed by atoms with van der Waals surface area (Å²) in [4.78, 5) is 16.7. The van der Waals surface area contributed by atoms with Gasteiger partial charge in [0.15, 0.2) is 0 Å². The summed E-state index contributed by atoms with van der Waals surface area (Å²) in [5.41, 5.74) is 2.51. The number of ether oxygens (including phenoxy) is 1. The SMILES string of the molecule is COc1cccc(C(=O)NCc2csc(-c3ccccc3)n2)c1. The lowest BCUT2D eigenvalue weighted by Gasteiger charge is -2.05. The lowest BCUT2D eigenvalue weighted by Crippen LogP contribution is -2.22. The van der Waals surface area contributed by atoms with E-state index >= 15 is 0 Å². The van der Waals surface area contributed by atoms with Crippen LogP contribution in [0.5, 0.6) is 5.75 Å². The molecule has 1 N–H and O–H groups in total. The van der Waals surface area contributed by atoms with Gasteiger partial charge in [-0.1, -0.05) is 36.4 Å². The molecule has 0 aliphatic carbocycles. The molecule has 0 aliphatic rings. The number of nitrogens with one attached hydrogen (secondary N) is 1. The van der Waals surface area contributed by atoms with Gasteiger partial charge in [-0.2, -0.15) is 0 Å². The van der Waals surface area contributed by atoms with Crippen LogP contribution in [0, 0.1) is 0 Å². The van der Waals surface area contributed by atoms with Crippen LogP contribution in [-0.4, -0.2) is 18.0 Å². The maximum absolute atomic E-state index is 12.2. The van der Waals surface area contributed by atoms with Crippen LogP contribution in [0.4, 0.5) is 0 Å². The molecule has 0 unspecified atom stereocenters. The van der Waals surface area contributed by atoms with E-state index in [2.05, 4.69) is 10.3 Å². The number of aromatic nitrogens is 1. The van der Waals surface area contributed by atoms with E-state index in [1.165, 1.54) is 0 Å². The van der Waals surface area contributed by atoms with Gasteiger partial charge in [0, 0.05) is 16.5 Å². The molecule has 1 aromatic heterocycles. The third-order valence-corrected chi connectivity index (χ3v) is 4.27. The molecular formula is C18H16N2O2S. The highest BCUT2D eigenvalue weighted by Gasteiger charge is 2.08. The average Bonchev–Trinajstić information content (AvgIpc) is 3.09. The predicted octanol–water partition coefficient (Wildman–Crippen LogP) is 3.75. The van der Waals surface area contributed by atoms with E-state index in [-0.39, 0.29) is 5.91 Å². The normalized spacial score (nSPS) is 10.3. The van der Waals surface area contributed by atoms with Crippen molar-refractivity contribution in [1.29, 1.82) is 0 Å². The summed E-state index contributed by atoms with van der Waals surface area (Å²) >= 11 is 1.57. The van der Waals surface area contributed by atoms with Gasteiger partial charge in [-0.3, -0.25) is 4.79 Å². The minimum absolute atomic E-state index is 0.141. The van der Waals surface area contributed by atoms with Crippen LogP contribution in [0.2, 0.25) is 0 Å². The van der Waals surface area contributed by atoms with E-state index in [1.807, 2.05) is 41.8 Å². The van der Waals surface area contributed by atoms with Gasteiger partial charge in [-0.15, -0.1) is 11.3 Å². The Hall–Kier alpha value is -2.66. The molecule has 0 saturated heterocycles. The van der Waals surface area contributed by atoms with Crippen molar-refractivity contribution in [3.63, 3.8) is 0 Å². The Morgan fingerprint density at radius 2 is 2.00 bits per heavy atom. The van der Waals surface area contributed by atoms with E-state index in [0.29, 0.717) is 17.9 Å². The topological polar surface area (TPSA) is 51.2 Å². The van der Waals surface area contributed by atoms with Crippen molar-refractivity contribution in [3.05, 3.63) is 71.2 Å². The van der Waals surface area contributed by atoms with Crippen molar-refractivity contribution >= 4 is 17.2 Å². The summed E-state index contributed by atoms with van der Waals surface area (Å²) in [6.07, 6.45) is 0. The average molecular weight is 324 g/mol. The molecule has 3 rings (SSSR count). The van der Waals surface area contributed by atoms with Crippen LogP contribution in [0.25, 0.3) is 10.6 Å². The molecule has 0 atom stereocenters. The number of carbonyl (C=O) groups is 1. The summed E-state index contributed by atoms with van der Waals surface area (Å²) in [6.45, 7) is 0.402. The van der Waals surface area contributed by atoms with E-state index in [4.69, 9.17) is 4.74 Å². The number of benzene rings is 2. The number of amides is 1. The largest absolute Gasteiger partial charge is 0.497 e. The zero-order chi connectivity index (χ0) is 16.1. The van der Waals surface area contributed by atoms with Crippen LogP contribution in [-0.2, 0) is 6.54 Å². The van der Waals surface area contributed by atoms with Crippen molar-refractivity contribution in [1.82, 2.24) is 10.3 Å². The second-order valence-electron chi connectivity index (χ2n) is 4.92. The molecule has 0 aliphatic heterocycles. The molecule has 3 aromatic rings. The van der Waals surface area contributed by atoms with Crippen LogP contribution >= 0.6 is 11.3 Å². The van der Waals surface area contributed by atoms with Gasteiger partial charge in [0.05, 0.1) is 19.3 Å². The van der Waals surface area contributed by atoms with Gasteiger partial charge >= 0.3 is 0 Å². The highest BCUT2D eigenvalue weighted by Crippen LogP contribution is 2.23. The Bertz CT molecular complexity index is 800. The monoisotopic (exact) mass is 324 g/mol. The first-order chi connectivity index (χ1) is 11.3. The fraction of sp³-hybridized carbons (Fsp3) is 0.111. The minimum atomic E-state index is -0.141. The molecule has 1 heterocycles. The van der Waals surface area contributed by atoms with Crippen LogP contribution in [0.15, 0.2) is 60.0 Å². The Balaban J connectivity index is 1.64. The number of rotatable bonds is 5. The molecule has 116 valence electrons. The fourth-order valence-corrected chi connectivity index (χ4v) is 2.96. The van der Waals surface area contributed by atoms with E-state index in [9.17, 15) is 4.79 Å². The summed E-state index contributed by atoms with van der Waals surface area (Å²) < 4.78 is 5.13. The van der Waals surface area contributed by atoms with Crippen molar-refractivity contribution in [3.8, 4) is 16.3 Å². The Labute approximate surface area is 138 Å². The Morgan fingerprint density at radius 1 is 1.17 bits per heavy atom.